The molecule has 1 amide bonds. The summed E-state index contributed by atoms with van der Waals surface area (Å²) in [4.78, 5) is 41.2. The van der Waals surface area contributed by atoms with Crippen LogP contribution in [0, 0.1) is 11.7 Å². The van der Waals surface area contributed by atoms with E-state index in [1.54, 1.807) is 60.9 Å². The molecule has 0 spiro atoms. The molecule has 12 nitrogen and oxygen atoms in total. The third-order valence-corrected chi connectivity index (χ3v) is 9.47. The van der Waals surface area contributed by atoms with E-state index < -0.39 is 47.6 Å². The number of hydrogen-bond donors (Lipinski definition) is 0. The molecule has 0 aliphatic carbocycles. The summed E-state index contributed by atoms with van der Waals surface area (Å²) in [5, 5.41) is 0.385. The van der Waals surface area contributed by atoms with Gasteiger partial charge in [-0.2, -0.15) is 18.2 Å². The summed E-state index contributed by atoms with van der Waals surface area (Å²) in [7, 11) is 1.23. The van der Waals surface area contributed by atoms with Crippen LogP contribution in [-0.4, -0.2) is 81.0 Å². The molecule has 0 radical (unpaired) electrons. The van der Waals surface area contributed by atoms with Gasteiger partial charge in [0.15, 0.2) is 11.4 Å². The zero-order valence-electron chi connectivity index (χ0n) is 29.2. The minimum Gasteiger partial charge on any atom is -0.469 e. The summed E-state index contributed by atoms with van der Waals surface area (Å²) in [6.45, 7) is 8.20. The fourth-order valence-corrected chi connectivity index (χ4v) is 7.20. The highest BCUT2D eigenvalue weighted by molar-refractivity contribution is 6.05. The van der Waals surface area contributed by atoms with Gasteiger partial charge in [0, 0.05) is 43.0 Å². The number of rotatable bonds is 6. The molecule has 7 rings (SSSR count). The Morgan fingerprint density at radius 3 is 2.52 bits per heavy atom. The number of carbonyl (C=O) groups excluding carboxylic acids is 2. The fourth-order valence-electron chi connectivity index (χ4n) is 7.20. The maximum absolute atomic E-state index is 14.4. The first-order valence-corrected chi connectivity index (χ1v) is 17.0. The first kappa shape index (κ1) is 35.3. The lowest BCUT2D eigenvalue weighted by molar-refractivity contribution is -0.144. The first-order chi connectivity index (χ1) is 24.6. The number of piperidine rings is 1. The zero-order chi connectivity index (χ0) is 37.1. The van der Waals surface area contributed by atoms with Gasteiger partial charge in [0.25, 0.3) is 6.01 Å². The predicted molar refractivity (Wildman–Crippen MR) is 181 cm³/mol. The van der Waals surface area contributed by atoms with E-state index in [1.165, 1.54) is 19.2 Å². The van der Waals surface area contributed by atoms with Crippen LogP contribution in [0.3, 0.4) is 0 Å². The van der Waals surface area contributed by atoms with Crippen molar-refractivity contribution in [2.75, 3.05) is 31.6 Å². The summed E-state index contributed by atoms with van der Waals surface area (Å²) in [6, 6.07) is 10.1. The van der Waals surface area contributed by atoms with Gasteiger partial charge in [-0.15, -0.1) is 0 Å². The zero-order valence-corrected chi connectivity index (χ0v) is 29.2. The summed E-state index contributed by atoms with van der Waals surface area (Å²) in [6.07, 6.45) is -5.45. The number of halogens is 4. The molecule has 0 bridgehead atoms. The van der Waals surface area contributed by atoms with Crippen LogP contribution >= 0.6 is 0 Å². The highest BCUT2D eigenvalue weighted by atomic mass is 19.4. The lowest BCUT2D eigenvalue weighted by atomic mass is 9.93. The van der Waals surface area contributed by atoms with E-state index >= 15 is 0 Å². The summed E-state index contributed by atoms with van der Waals surface area (Å²) < 4.78 is 82.1. The molecule has 2 aromatic carbocycles. The van der Waals surface area contributed by atoms with Crippen molar-refractivity contribution < 1.29 is 45.8 Å². The van der Waals surface area contributed by atoms with Crippen molar-refractivity contribution in [3.05, 3.63) is 54.1 Å². The molecule has 2 aliphatic rings. The molecule has 52 heavy (non-hydrogen) atoms. The second-order valence-corrected chi connectivity index (χ2v) is 14.4. The van der Waals surface area contributed by atoms with E-state index in [4.69, 9.17) is 18.6 Å². The number of alkyl halides is 3. The van der Waals surface area contributed by atoms with E-state index in [2.05, 4.69) is 15.0 Å². The van der Waals surface area contributed by atoms with E-state index in [9.17, 15) is 27.2 Å². The van der Waals surface area contributed by atoms with Crippen molar-refractivity contribution in [2.45, 2.75) is 76.9 Å². The predicted octanol–water partition coefficient (Wildman–Crippen LogP) is 7.29. The molecule has 2 fully saturated rings. The number of carbonyl (C=O) groups is 2. The van der Waals surface area contributed by atoms with Crippen molar-refractivity contribution in [2.24, 2.45) is 5.92 Å². The average Bonchev–Trinajstić information content (AvgIpc) is 3.75. The van der Waals surface area contributed by atoms with Gasteiger partial charge < -0.3 is 28.4 Å². The van der Waals surface area contributed by atoms with Gasteiger partial charge in [-0.1, -0.05) is 19.1 Å². The minimum atomic E-state index is -4.87. The van der Waals surface area contributed by atoms with Crippen molar-refractivity contribution in [1.82, 2.24) is 24.4 Å². The minimum absolute atomic E-state index is 0.00627. The molecule has 16 heteroatoms. The van der Waals surface area contributed by atoms with Crippen LogP contribution in [0.25, 0.3) is 33.1 Å². The second kappa shape index (κ2) is 13.1. The Balaban J connectivity index is 1.25. The molecule has 0 saturated carbocycles. The molecule has 5 aromatic rings. The largest absolute Gasteiger partial charge is 0.469 e. The van der Waals surface area contributed by atoms with Crippen molar-refractivity contribution >= 4 is 51.0 Å². The Hall–Kier alpha value is -5.15. The number of para-hydroxylation sites is 1. The third-order valence-electron chi connectivity index (χ3n) is 9.47. The van der Waals surface area contributed by atoms with E-state index in [-0.39, 0.29) is 54.3 Å². The molecule has 276 valence electrons. The standard InChI is InChI=1S/C36H38F4N6O6/c1-19-17-44(34(48)52-35(2,3)4)13-12-25(19)46-26-11-10-20(37)14-24(26)41-33(46)50-22-15-21(16-28(47)49-5)45(18-22)31-30-29(42-32(43-31)36(38,39)40)23-8-6-7-9-27(23)51-30/h6-11,14,19,21-22,25H,12-13,15-18H2,1-5H3/t19-,21-,22-,25-/m0/s1. The number of furan rings is 1. The molecule has 4 atom stereocenters. The highest BCUT2D eigenvalue weighted by Gasteiger charge is 2.42. The molecular formula is C36H38F4N6O6. The van der Waals surface area contributed by atoms with Crippen LogP contribution in [-0.2, 0) is 20.4 Å². The first-order valence-electron chi connectivity index (χ1n) is 17.0. The van der Waals surface area contributed by atoms with Gasteiger partial charge in [-0.05, 0) is 57.4 Å². The van der Waals surface area contributed by atoms with E-state index in [0.29, 0.717) is 41.5 Å². The fraction of sp³-hybridized carbons (Fsp3) is 0.472. The molecule has 0 N–H and O–H groups in total. The second-order valence-electron chi connectivity index (χ2n) is 14.4. The topological polar surface area (TPSA) is 125 Å². The summed E-state index contributed by atoms with van der Waals surface area (Å²) >= 11 is 0. The van der Waals surface area contributed by atoms with Crippen LogP contribution in [0.4, 0.5) is 28.2 Å². The number of methoxy groups -OCH3 is 1. The summed E-state index contributed by atoms with van der Waals surface area (Å²) in [5.74, 6) is -2.64. The van der Waals surface area contributed by atoms with E-state index in [0.717, 1.165) is 0 Å². The lowest BCUT2D eigenvalue weighted by Crippen LogP contribution is -2.45. The molecule has 0 unspecified atom stereocenters. The summed E-state index contributed by atoms with van der Waals surface area (Å²) in [5.41, 5.74) is 0.682. The van der Waals surface area contributed by atoms with Crippen molar-refractivity contribution in [1.29, 1.82) is 0 Å². The lowest BCUT2D eigenvalue weighted by Gasteiger charge is -2.38. The molecule has 5 heterocycles. The SMILES string of the molecule is COC(=O)C[C@@H]1C[C@H](Oc2nc3cc(F)ccc3n2[C@H]2CCN(C(=O)OC(C)(C)C)C[C@@H]2C)CN1c1nc(C(F)(F)F)nc2c1oc1ccccc12. The Morgan fingerprint density at radius 2 is 1.81 bits per heavy atom. The van der Waals surface area contributed by atoms with Crippen LogP contribution in [0.15, 0.2) is 46.9 Å². The molecule has 3 aromatic heterocycles. The van der Waals surface area contributed by atoms with Crippen LogP contribution < -0.4 is 9.64 Å². The number of ether oxygens (including phenoxy) is 3. The Morgan fingerprint density at radius 1 is 1.04 bits per heavy atom. The number of anilines is 1. The normalized spacial score (nSPS) is 21.3. The van der Waals surface area contributed by atoms with Crippen LogP contribution in [0.2, 0.25) is 0 Å². The van der Waals surface area contributed by atoms with Gasteiger partial charge in [0.2, 0.25) is 5.82 Å². The third kappa shape index (κ3) is 6.77. The Labute approximate surface area is 295 Å². The number of likely N-dealkylation sites (tertiary alicyclic amines) is 1. The monoisotopic (exact) mass is 726 g/mol. The number of imidazole rings is 1. The van der Waals surface area contributed by atoms with Crippen LogP contribution in [0.5, 0.6) is 6.01 Å². The van der Waals surface area contributed by atoms with Gasteiger partial charge >= 0.3 is 18.2 Å². The number of amides is 1. The van der Waals surface area contributed by atoms with Crippen LogP contribution in [0.1, 0.15) is 58.8 Å². The number of benzene rings is 2. The van der Waals surface area contributed by atoms with Crippen molar-refractivity contribution in [3.8, 4) is 6.01 Å². The maximum Gasteiger partial charge on any atom is 0.451 e. The van der Waals surface area contributed by atoms with Gasteiger partial charge in [-0.25, -0.2) is 19.2 Å². The number of hydrogen-bond acceptors (Lipinski definition) is 10. The molecule has 2 aliphatic heterocycles. The molecule has 2 saturated heterocycles. The van der Waals surface area contributed by atoms with Gasteiger partial charge in [0.05, 0.1) is 31.1 Å². The van der Waals surface area contributed by atoms with Gasteiger partial charge in [-0.3, -0.25) is 9.36 Å². The quantitative estimate of drug-likeness (QED) is 0.130. The van der Waals surface area contributed by atoms with E-state index in [1.807, 2.05) is 11.5 Å². The number of fused-ring (bicyclic) bond motifs is 4. The number of esters is 1. The highest BCUT2D eigenvalue weighted by Crippen LogP contribution is 2.41. The maximum atomic E-state index is 14.4. The van der Waals surface area contributed by atoms with Crippen molar-refractivity contribution in [3.63, 3.8) is 0 Å². The Bertz CT molecular complexity index is 2160. The van der Waals surface area contributed by atoms with Gasteiger partial charge in [0.1, 0.15) is 28.6 Å². The Kier molecular flexibility index (Phi) is 8.90. The number of aromatic nitrogens is 4. The average molecular weight is 727 g/mol. The smallest absolute Gasteiger partial charge is 0.451 e. The molecular weight excluding hydrogens is 688 g/mol. The number of nitrogens with zero attached hydrogens (tertiary/aromatic N) is 6.